The minimum absolute atomic E-state index is 0.0459. The smallest absolute Gasteiger partial charge is 0.0785 e. The van der Waals surface area contributed by atoms with Crippen molar-refractivity contribution >= 4 is 66.8 Å². The van der Waals surface area contributed by atoms with Crippen LogP contribution in [0.5, 0.6) is 0 Å². The quantitative estimate of drug-likeness (QED) is 0.134. The van der Waals surface area contributed by atoms with Crippen LogP contribution in [-0.4, -0.2) is 0 Å². The Bertz CT molecular complexity index is 3470. The van der Waals surface area contributed by atoms with Gasteiger partial charge in [-0.3, -0.25) is 0 Å². The van der Waals surface area contributed by atoms with Gasteiger partial charge in [0.1, 0.15) is 0 Å². The predicted octanol–water partition coefficient (Wildman–Crippen LogP) is 17.5. The summed E-state index contributed by atoms with van der Waals surface area (Å²) in [5, 5.41) is 7.53. The van der Waals surface area contributed by atoms with Crippen molar-refractivity contribution in [1.82, 2.24) is 0 Å². The topological polar surface area (TPSA) is 6.48 Å². The lowest BCUT2D eigenvalue weighted by Crippen LogP contribution is -2.24. The summed E-state index contributed by atoms with van der Waals surface area (Å²) in [5.41, 5.74) is 15.5. The van der Waals surface area contributed by atoms with Crippen LogP contribution in [0, 0.1) is 0 Å². The summed E-state index contributed by atoms with van der Waals surface area (Å²) in [6, 6.07) is 90.3. The molecule has 0 N–H and O–H groups in total. The molecule has 0 fully saturated rings. The molecule has 12 rings (SSSR count). The maximum Gasteiger partial charge on any atom is 0.0785 e. The molecular weight excluding hydrogens is 785 g/mol. The van der Waals surface area contributed by atoms with Gasteiger partial charge >= 0.3 is 0 Å². The zero-order chi connectivity index (χ0) is 43.1. The molecule has 2 nitrogen and oxygen atoms in total. The van der Waals surface area contributed by atoms with Gasteiger partial charge in [0.15, 0.2) is 0 Å². The van der Waals surface area contributed by atoms with E-state index in [4.69, 9.17) is 0 Å². The van der Waals surface area contributed by atoms with E-state index in [1.165, 1.54) is 76.8 Å². The second kappa shape index (κ2) is 16.3. The van der Waals surface area contributed by atoms with Crippen LogP contribution in [0.3, 0.4) is 0 Å². The highest BCUT2D eigenvalue weighted by atomic mass is 15.2. The van der Waals surface area contributed by atoms with Gasteiger partial charge in [-0.15, -0.1) is 0 Å². The monoisotopic (exact) mass is 828 g/mol. The fourth-order valence-corrected chi connectivity index (χ4v) is 10.2. The third-order valence-corrected chi connectivity index (χ3v) is 13.1. The van der Waals surface area contributed by atoms with Gasteiger partial charge in [0.25, 0.3) is 0 Å². The summed E-state index contributed by atoms with van der Waals surface area (Å²) in [7, 11) is 0. The number of rotatable bonds is 9. The van der Waals surface area contributed by atoms with Crippen LogP contribution in [0.2, 0.25) is 0 Å². The lowest BCUT2D eigenvalue weighted by molar-refractivity contribution is 0.858. The Hall–Kier alpha value is -8.46. The Morgan fingerprint density at radius 1 is 0.323 bits per heavy atom. The molecule has 0 bridgehead atoms. The van der Waals surface area contributed by atoms with E-state index in [1.807, 2.05) is 0 Å². The summed E-state index contributed by atoms with van der Waals surface area (Å²) in [4.78, 5) is 4.87. The highest BCUT2D eigenvalue weighted by molar-refractivity contribution is 6.22. The Kier molecular flexibility index (Phi) is 9.61. The van der Waals surface area contributed by atoms with Gasteiger partial charge in [-0.2, -0.15) is 0 Å². The summed E-state index contributed by atoms with van der Waals surface area (Å²) < 4.78 is 0. The third-order valence-electron chi connectivity index (χ3n) is 13.1. The normalized spacial score (nSPS) is 13.0. The van der Waals surface area contributed by atoms with Crippen molar-refractivity contribution < 1.29 is 0 Å². The van der Waals surface area contributed by atoms with Gasteiger partial charge in [0.2, 0.25) is 0 Å². The first-order valence-electron chi connectivity index (χ1n) is 22.5. The van der Waals surface area contributed by atoms with Crippen molar-refractivity contribution in [3.63, 3.8) is 0 Å². The van der Waals surface area contributed by atoms with E-state index in [-0.39, 0.29) is 6.04 Å². The van der Waals surface area contributed by atoms with E-state index >= 15 is 0 Å². The average Bonchev–Trinajstić information content (AvgIpc) is 3.38. The van der Waals surface area contributed by atoms with Gasteiger partial charge in [-0.05, 0) is 132 Å². The summed E-state index contributed by atoms with van der Waals surface area (Å²) in [6.07, 6.45) is 4.74. The van der Waals surface area contributed by atoms with Gasteiger partial charge < -0.3 is 9.80 Å². The maximum atomic E-state index is 2.49. The van der Waals surface area contributed by atoms with E-state index in [0.717, 1.165) is 28.4 Å². The van der Waals surface area contributed by atoms with E-state index in [9.17, 15) is 0 Å². The van der Waals surface area contributed by atoms with Crippen molar-refractivity contribution in [1.29, 1.82) is 0 Å². The van der Waals surface area contributed by atoms with Crippen LogP contribution in [0.4, 0.5) is 28.4 Å². The van der Waals surface area contributed by atoms with Crippen LogP contribution < -0.4 is 9.80 Å². The second-order valence-corrected chi connectivity index (χ2v) is 16.8. The predicted molar refractivity (Wildman–Crippen MR) is 277 cm³/mol. The molecule has 0 amide bonds. The number of hydrogen-bond acceptors (Lipinski definition) is 2. The highest BCUT2D eigenvalue weighted by Gasteiger charge is 2.28. The minimum Gasteiger partial charge on any atom is -0.330 e. The fraction of sp³-hybridized carbons (Fsp3) is 0.0159. The van der Waals surface area contributed by atoms with Crippen LogP contribution in [0.15, 0.2) is 255 Å². The van der Waals surface area contributed by atoms with E-state index in [2.05, 4.69) is 271 Å². The molecule has 0 saturated heterocycles. The van der Waals surface area contributed by atoms with Crippen LogP contribution in [0.25, 0.3) is 71.8 Å². The number of benzene rings is 11. The van der Waals surface area contributed by atoms with Crippen molar-refractivity contribution in [2.45, 2.75) is 6.04 Å². The lowest BCUT2D eigenvalue weighted by Gasteiger charge is -2.36. The fourth-order valence-electron chi connectivity index (χ4n) is 10.2. The third kappa shape index (κ3) is 6.75. The average molecular weight is 829 g/mol. The number of nitrogens with zero attached hydrogens (tertiary/aromatic N) is 2. The molecule has 11 aromatic carbocycles. The van der Waals surface area contributed by atoms with Gasteiger partial charge in [0, 0.05) is 28.3 Å². The molecule has 1 aliphatic rings. The number of anilines is 5. The first-order valence-corrected chi connectivity index (χ1v) is 22.5. The van der Waals surface area contributed by atoms with Crippen molar-refractivity contribution in [2.24, 2.45) is 0 Å². The number of hydrogen-bond donors (Lipinski definition) is 0. The molecule has 306 valence electrons. The molecule has 0 radical (unpaired) electrons. The molecule has 2 heteroatoms. The van der Waals surface area contributed by atoms with Crippen molar-refractivity contribution in [3.05, 3.63) is 266 Å². The van der Waals surface area contributed by atoms with Gasteiger partial charge in [0.05, 0.1) is 11.7 Å². The molecule has 0 spiro atoms. The lowest BCUT2D eigenvalue weighted by atomic mass is 9.85. The SMILES string of the molecule is C1=CC(N(c2ccccc2)c2ccc(-c3ccc4c(-c5ccccc5)c5ccccc5c(-c5ccccc5)c4c3)cc2)c2cccc3ccc(N(c4ccccc4)c4ccccc4)c1c23. The molecule has 1 aliphatic carbocycles. The van der Waals surface area contributed by atoms with Crippen LogP contribution in [-0.2, 0) is 0 Å². The Labute approximate surface area is 380 Å². The first-order chi connectivity index (χ1) is 32.3. The Morgan fingerprint density at radius 3 is 1.42 bits per heavy atom. The molecule has 0 heterocycles. The zero-order valence-electron chi connectivity index (χ0n) is 35.8. The molecule has 11 aromatic rings. The molecule has 65 heavy (non-hydrogen) atoms. The molecule has 0 aliphatic heterocycles. The molecular formula is C63H44N2. The number of fused-ring (bicyclic) bond motifs is 2. The van der Waals surface area contributed by atoms with Crippen molar-refractivity contribution in [2.75, 3.05) is 9.80 Å². The molecule has 1 unspecified atom stereocenters. The van der Waals surface area contributed by atoms with Gasteiger partial charge in [-0.1, -0.05) is 200 Å². The molecule has 0 saturated carbocycles. The van der Waals surface area contributed by atoms with Crippen LogP contribution in [0.1, 0.15) is 17.2 Å². The van der Waals surface area contributed by atoms with Crippen LogP contribution >= 0.6 is 0 Å². The standard InChI is InChI=1S/C63H44N2/c1-6-19-45(20-7-1)61-53-30-16-17-31-54(53)62(46-21-8-2-9-22-46)58-43-48(35-39-55(58)61)44-33-37-52(38-34-44)65(51-28-14-5-15-29-51)60-42-40-57-59(41-36-47-23-18-32-56(60)63(47)57)64(49-24-10-3-11-25-49)50-26-12-4-13-27-50/h1-43,60H. The maximum absolute atomic E-state index is 2.49. The number of para-hydroxylation sites is 3. The first kappa shape index (κ1) is 38.2. The molecule has 1 atom stereocenters. The minimum atomic E-state index is -0.0459. The van der Waals surface area contributed by atoms with Gasteiger partial charge in [-0.25, -0.2) is 0 Å². The summed E-state index contributed by atoms with van der Waals surface area (Å²) in [6.45, 7) is 0. The van der Waals surface area contributed by atoms with E-state index < -0.39 is 0 Å². The Balaban J connectivity index is 0.985. The highest BCUT2D eigenvalue weighted by Crippen LogP contribution is 2.49. The van der Waals surface area contributed by atoms with Crippen molar-refractivity contribution in [3.8, 4) is 33.4 Å². The van der Waals surface area contributed by atoms with E-state index in [1.54, 1.807) is 0 Å². The largest absolute Gasteiger partial charge is 0.330 e. The summed E-state index contributed by atoms with van der Waals surface area (Å²) in [5.74, 6) is 0. The van der Waals surface area contributed by atoms with E-state index in [0.29, 0.717) is 0 Å². The zero-order valence-corrected chi connectivity index (χ0v) is 35.8. The molecule has 0 aromatic heterocycles. The summed E-state index contributed by atoms with van der Waals surface area (Å²) >= 11 is 0. The second-order valence-electron chi connectivity index (χ2n) is 16.8. The Morgan fingerprint density at radius 2 is 0.815 bits per heavy atom.